The number of benzene rings is 6. The van der Waals surface area contributed by atoms with Gasteiger partial charge in [-0.3, -0.25) is 14.4 Å². The topological polar surface area (TPSA) is 182 Å². The van der Waals surface area contributed by atoms with E-state index in [0.29, 0.717) is 86.6 Å². The van der Waals surface area contributed by atoms with Gasteiger partial charge in [0.05, 0.1) is 0 Å². The van der Waals surface area contributed by atoms with Crippen molar-refractivity contribution in [2.24, 2.45) is 0 Å². The lowest BCUT2D eigenvalue weighted by atomic mass is 9.78. The molecule has 3 amide bonds. The molecule has 0 aromatic heterocycles. The summed E-state index contributed by atoms with van der Waals surface area (Å²) < 4.78 is -2.08. The number of alkyl halides is 3. The summed E-state index contributed by atoms with van der Waals surface area (Å²) in [5.41, 5.74) is 14.4. The number of carbonyl (C=O) groups excluding carboxylic acids is 3. The molecule has 0 aliphatic heterocycles. The average Bonchev–Trinajstić information content (AvgIpc) is 0.800. The Morgan fingerprint density at radius 1 is 0.235 bits per heavy atom. The highest BCUT2D eigenvalue weighted by Gasteiger charge is 2.38. The molecule has 15 heteroatoms. The van der Waals surface area contributed by atoms with E-state index in [-0.39, 0.29) is 76.8 Å². The summed E-state index contributed by atoms with van der Waals surface area (Å²) in [7, 11) is 0. The fourth-order valence-corrected chi connectivity index (χ4v) is 14.8. The van der Waals surface area contributed by atoms with E-state index in [1.165, 1.54) is 0 Å². The quantitative estimate of drug-likeness (QED) is 0.0514. The second kappa shape index (κ2) is 36.1. The number of hydrogen-bond acceptors (Lipinski definition) is 9. The average molecular weight is 1650 g/mol. The molecule has 0 atom stereocenters. The van der Waals surface area contributed by atoms with E-state index in [2.05, 4.69) is 274 Å². The summed E-state index contributed by atoms with van der Waals surface area (Å²) in [6.45, 7) is 81.6. The SMILES string of the molecule is CC(=O)N(CCc1cc(C(C)(C)C)c(O)c(C(C)(C)C)c1)CCc1cc(C(C)(C)C)c(O)c(C(C)(C)C)c1.CC(=O)N(Cc1cc(C(C)(C)C)c(O)c(C(C)(C)C)c1)Cc1cc(C(C)(C)C)c(O)c(C(C)(C)C)c1.CC(C)(C)c1cc(CCN(CCc2cc(C(C)(C)C)c(O)c(C(C)(C)C)c2)C(=O)C(Cl)(Cl)Cl)cc(C(C)(C)C)c1O. The molecule has 12 nitrogen and oxygen atoms in total. The minimum atomic E-state index is -2.08. The molecule has 0 spiro atoms. The van der Waals surface area contributed by atoms with Crippen molar-refractivity contribution in [2.75, 3.05) is 26.2 Å². The van der Waals surface area contributed by atoms with Crippen molar-refractivity contribution in [1.82, 2.24) is 14.7 Å². The molecule has 642 valence electrons. The maximum atomic E-state index is 13.3. The molecule has 0 heterocycles. The largest absolute Gasteiger partial charge is 0.507 e. The van der Waals surface area contributed by atoms with E-state index in [4.69, 9.17) is 34.8 Å². The number of amides is 3. The number of aromatic hydroxyl groups is 6. The fourth-order valence-electron chi connectivity index (χ4n) is 14.5. The lowest BCUT2D eigenvalue weighted by Gasteiger charge is -2.31. The van der Waals surface area contributed by atoms with Gasteiger partial charge in [-0.05, 0) is 215 Å². The number of phenolic OH excluding ortho intramolecular Hbond substituents is 6. The maximum Gasteiger partial charge on any atom is 0.274 e. The molecule has 6 N–H and O–H groups in total. The van der Waals surface area contributed by atoms with Crippen molar-refractivity contribution in [3.05, 3.63) is 173 Å². The van der Waals surface area contributed by atoms with Crippen LogP contribution in [0.5, 0.6) is 34.5 Å². The molecular weight excluding hydrogens is 1490 g/mol. The van der Waals surface area contributed by atoms with Gasteiger partial charge in [-0.1, -0.05) is 333 Å². The summed E-state index contributed by atoms with van der Waals surface area (Å²) in [6, 6.07) is 24.7. The van der Waals surface area contributed by atoms with E-state index < -0.39 is 9.70 Å². The fraction of sp³-hybridized carbons (Fsp3) is 0.610. The first-order valence-corrected chi connectivity index (χ1v) is 42.5. The summed E-state index contributed by atoms with van der Waals surface area (Å²) in [4.78, 5) is 44.1. The van der Waals surface area contributed by atoms with Crippen molar-refractivity contribution in [3.63, 3.8) is 0 Å². The highest BCUT2D eigenvalue weighted by Crippen LogP contribution is 2.47. The molecular formula is C100H152Cl3N3O9. The van der Waals surface area contributed by atoms with Crippen LogP contribution in [-0.4, -0.2) is 93.0 Å². The van der Waals surface area contributed by atoms with Gasteiger partial charge in [-0.25, -0.2) is 0 Å². The molecule has 0 aliphatic carbocycles. The summed E-state index contributed by atoms with van der Waals surface area (Å²) in [5.74, 6) is 1.57. The zero-order valence-electron chi connectivity index (χ0n) is 78.4. The Morgan fingerprint density at radius 2 is 0.365 bits per heavy atom. The molecule has 0 unspecified atom stereocenters. The van der Waals surface area contributed by atoms with Crippen LogP contribution in [0.1, 0.15) is 363 Å². The number of nitrogens with zero attached hydrogens (tertiary/aromatic N) is 3. The Bertz CT molecular complexity index is 3950. The first-order chi connectivity index (χ1) is 51.3. The van der Waals surface area contributed by atoms with Crippen LogP contribution in [0.2, 0.25) is 0 Å². The van der Waals surface area contributed by atoms with Crippen LogP contribution in [0.4, 0.5) is 0 Å². The molecule has 0 fully saturated rings. The molecule has 115 heavy (non-hydrogen) atoms. The van der Waals surface area contributed by atoms with Crippen LogP contribution in [0.25, 0.3) is 0 Å². The molecule has 0 aliphatic rings. The third-order valence-corrected chi connectivity index (χ3v) is 22.0. The standard InChI is InChI=1S/C34H50Cl3NO3.C34H53NO3.C32H49NO3/c1-30(2,3)23-17-21(18-24(27(23)39)31(4,5)6)13-15-38(29(41)34(35,36)37)16-14-22-19-25(32(7,8)9)28(40)26(20-22)33(10,11)12;1-22(36)35(16-14-23-18-25(31(2,3)4)29(37)26(19-23)32(5,6)7)17-15-24-20-27(33(8,9)10)30(38)28(21-24)34(11,12)13;1-20(34)33(18-21-14-23(29(2,3)4)27(35)24(15-21)30(5,6)7)19-22-16-25(31(8,9)10)28(36)26(17-22)32(11,12)13/h17-20,39-40H,13-16H2,1-12H3;18-21,37-38H,14-17H2,1-13H3;14-17,35-36H,18-19H2,1-13H3. The van der Waals surface area contributed by atoms with Crippen LogP contribution in [-0.2, 0) is 118 Å². The van der Waals surface area contributed by atoms with Crippen molar-refractivity contribution in [1.29, 1.82) is 0 Å². The predicted molar refractivity (Wildman–Crippen MR) is 487 cm³/mol. The maximum absolute atomic E-state index is 13.3. The number of rotatable bonds is 16. The summed E-state index contributed by atoms with van der Waals surface area (Å²) >= 11 is 18.3. The van der Waals surface area contributed by atoms with Gasteiger partial charge >= 0.3 is 0 Å². The highest BCUT2D eigenvalue weighted by molar-refractivity contribution is 6.76. The molecule has 6 aromatic carbocycles. The predicted octanol–water partition coefficient (Wildman–Crippen LogP) is 25.0. The minimum absolute atomic E-state index is 0.0135. The van der Waals surface area contributed by atoms with Crippen LogP contribution in [0.3, 0.4) is 0 Å². The van der Waals surface area contributed by atoms with Gasteiger partial charge in [-0.2, -0.15) is 0 Å². The zero-order chi connectivity index (χ0) is 89.4. The normalized spacial score (nSPS) is 13.2. The highest BCUT2D eigenvalue weighted by atomic mass is 35.6. The van der Waals surface area contributed by atoms with E-state index >= 15 is 0 Å². The molecule has 6 rings (SSSR count). The molecule has 6 aromatic rings. The van der Waals surface area contributed by atoms with Gasteiger partial charge in [0.25, 0.3) is 9.70 Å². The second-order valence-corrected chi connectivity index (χ2v) is 47.2. The van der Waals surface area contributed by atoms with Crippen molar-refractivity contribution in [3.8, 4) is 34.5 Å². The third-order valence-electron chi connectivity index (χ3n) is 21.6. The first-order valence-electron chi connectivity index (χ1n) is 41.4. The van der Waals surface area contributed by atoms with E-state index in [1.54, 1.807) is 18.7 Å². The number of phenols is 6. The van der Waals surface area contributed by atoms with Crippen molar-refractivity contribution in [2.45, 2.75) is 371 Å². The van der Waals surface area contributed by atoms with E-state index in [9.17, 15) is 45.0 Å². The molecule has 0 radical (unpaired) electrons. The van der Waals surface area contributed by atoms with Gasteiger partial charge in [0.2, 0.25) is 11.8 Å². The molecule has 0 saturated heterocycles. The Morgan fingerprint density at radius 3 is 0.487 bits per heavy atom. The second-order valence-electron chi connectivity index (χ2n) is 44.9. The van der Waals surface area contributed by atoms with E-state index in [0.717, 1.165) is 113 Å². The number of hydrogen-bond donors (Lipinski definition) is 6. The summed E-state index contributed by atoms with van der Waals surface area (Å²) in [6.07, 6.45) is 2.52. The Hall–Kier alpha value is -6.60. The Balaban J connectivity index is 0.000000364. The lowest BCUT2D eigenvalue weighted by Crippen LogP contribution is -2.41. The van der Waals surface area contributed by atoms with Gasteiger partial charge in [0, 0.05) is 53.1 Å². The number of carbonyl (C=O) groups is 3. The van der Waals surface area contributed by atoms with Gasteiger partial charge in [0.1, 0.15) is 34.5 Å². The van der Waals surface area contributed by atoms with Crippen LogP contribution >= 0.6 is 34.8 Å². The van der Waals surface area contributed by atoms with Gasteiger partial charge in [0.15, 0.2) is 0 Å². The van der Waals surface area contributed by atoms with Crippen molar-refractivity contribution >= 4 is 52.5 Å². The van der Waals surface area contributed by atoms with E-state index in [1.807, 2.05) is 58.3 Å². The molecule has 0 saturated carbocycles. The summed E-state index contributed by atoms with van der Waals surface area (Å²) in [5, 5.41) is 66.5. The van der Waals surface area contributed by atoms with Gasteiger partial charge in [-0.15, -0.1) is 0 Å². The van der Waals surface area contributed by atoms with Crippen LogP contribution < -0.4 is 0 Å². The monoisotopic (exact) mass is 1640 g/mol. The smallest absolute Gasteiger partial charge is 0.274 e. The lowest BCUT2D eigenvalue weighted by molar-refractivity contribution is -0.130. The minimum Gasteiger partial charge on any atom is -0.507 e. The van der Waals surface area contributed by atoms with Crippen LogP contribution in [0, 0.1) is 0 Å². The van der Waals surface area contributed by atoms with Crippen LogP contribution in [0.15, 0.2) is 72.8 Å². The Kier molecular flexibility index (Phi) is 31.7. The zero-order valence-corrected chi connectivity index (χ0v) is 80.7. The third kappa shape index (κ3) is 27.7. The Labute approximate surface area is 712 Å². The first kappa shape index (κ1) is 101. The molecule has 0 bridgehead atoms. The van der Waals surface area contributed by atoms with Gasteiger partial charge < -0.3 is 45.3 Å². The number of halogens is 3. The van der Waals surface area contributed by atoms with Crippen molar-refractivity contribution < 1.29 is 45.0 Å².